The van der Waals surface area contributed by atoms with Crippen LogP contribution in [0.25, 0.3) is 0 Å². The zero-order chi connectivity index (χ0) is 16.0. The summed E-state index contributed by atoms with van der Waals surface area (Å²) in [7, 11) is 2.13. The summed E-state index contributed by atoms with van der Waals surface area (Å²) in [5.41, 5.74) is 2.62. The number of nitrogens with zero attached hydrogens (tertiary/aromatic N) is 2. The van der Waals surface area contributed by atoms with E-state index >= 15 is 0 Å². The molecule has 1 rings (SSSR count). The van der Waals surface area contributed by atoms with Crippen molar-refractivity contribution < 1.29 is 0 Å². The van der Waals surface area contributed by atoms with Gasteiger partial charge in [0.15, 0.2) is 0 Å². The molecule has 0 bridgehead atoms. The molecule has 0 amide bonds. The lowest BCUT2D eigenvalue weighted by Gasteiger charge is -2.23. The van der Waals surface area contributed by atoms with E-state index in [1.165, 1.54) is 11.3 Å². The van der Waals surface area contributed by atoms with E-state index < -0.39 is 0 Å². The van der Waals surface area contributed by atoms with Crippen molar-refractivity contribution in [3.63, 3.8) is 0 Å². The van der Waals surface area contributed by atoms with Gasteiger partial charge in [0.25, 0.3) is 0 Å². The summed E-state index contributed by atoms with van der Waals surface area (Å²) in [4.78, 5) is 7.07. The quantitative estimate of drug-likeness (QED) is 0.827. The first-order valence-electron chi connectivity index (χ1n) is 7.69. The summed E-state index contributed by atoms with van der Waals surface area (Å²) in [5, 5.41) is 3.56. The van der Waals surface area contributed by atoms with E-state index in [-0.39, 0.29) is 5.54 Å². The van der Waals surface area contributed by atoms with Crippen molar-refractivity contribution >= 4 is 17.6 Å². The van der Waals surface area contributed by atoms with E-state index in [0.29, 0.717) is 5.92 Å². The number of anilines is 1. The molecular weight excluding hydrogens is 278 g/mol. The predicted octanol–water partition coefficient (Wildman–Crippen LogP) is 3.89. The van der Waals surface area contributed by atoms with Crippen LogP contribution >= 0.6 is 11.8 Å². The van der Waals surface area contributed by atoms with Gasteiger partial charge in [0.1, 0.15) is 5.82 Å². The number of aromatic nitrogens is 1. The van der Waals surface area contributed by atoms with Crippen molar-refractivity contribution in [1.82, 2.24) is 10.3 Å². The zero-order valence-corrected chi connectivity index (χ0v) is 15.5. The van der Waals surface area contributed by atoms with Crippen LogP contribution < -0.4 is 10.2 Å². The van der Waals surface area contributed by atoms with Gasteiger partial charge in [-0.2, -0.15) is 11.8 Å². The second kappa shape index (κ2) is 8.04. The molecular formula is C17H31N3S. The summed E-state index contributed by atoms with van der Waals surface area (Å²) < 4.78 is 0. The summed E-state index contributed by atoms with van der Waals surface area (Å²) >= 11 is 1.87. The van der Waals surface area contributed by atoms with E-state index in [0.717, 1.165) is 24.7 Å². The molecule has 21 heavy (non-hydrogen) atoms. The average molecular weight is 310 g/mol. The van der Waals surface area contributed by atoms with Crippen LogP contribution in [-0.2, 0) is 6.54 Å². The van der Waals surface area contributed by atoms with Gasteiger partial charge in [-0.25, -0.2) is 4.98 Å². The first-order chi connectivity index (χ1) is 9.73. The molecule has 0 saturated heterocycles. The minimum atomic E-state index is 0.131. The van der Waals surface area contributed by atoms with Gasteiger partial charge in [-0.05, 0) is 50.6 Å². The standard InChI is InChI=1S/C17H31N3S/c1-13(2)15-10-14(12-18-17(3,4)5)11-16(19-15)20(6)8-9-21-7/h10-11,13,18H,8-9,12H2,1-7H3. The molecule has 0 saturated carbocycles. The van der Waals surface area contributed by atoms with Crippen molar-refractivity contribution in [3.05, 3.63) is 23.4 Å². The van der Waals surface area contributed by atoms with Crippen LogP contribution in [0.1, 0.15) is 51.8 Å². The van der Waals surface area contributed by atoms with Gasteiger partial charge in [0.05, 0.1) is 0 Å². The summed E-state index contributed by atoms with van der Waals surface area (Å²) in [6.07, 6.45) is 2.14. The fourth-order valence-corrected chi connectivity index (χ4v) is 2.35. The van der Waals surface area contributed by atoms with E-state index in [2.05, 4.69) is 70.3 Å². The summed E-state index contributed by atoms with van der Waals surface area (Å²) in [5.74, 6) is 2.66. The van der Waals surface area contributed by atoms with Gasteiger partial charge < -0.3 is 10.2 Å². The second-order valence-corrected chi connectivity index (χ2v) is 7.92. The Kier molecular flexibility index (Phi) is 7.01. The lowest BCUT2D eigenvalue weighted by molar-refractivity contribution is 0.424. The highest BCUT2D eigenvalue weighted by molar-refractivity contribution is 7.98. The molecule has 0 fully saturated rings. The molecule has 1 heterocycles. The topological polar surface area (TPSA) is 28.2 Å². The number of rotatable bonds is 7. The third-order valence-corrected chi connectivity index (χ3v) is 3.92. The minimum absolute atomic E-state index is 0.131. The van der Waals surface area contributed by atoms with Crippen LogP contribution in [0, 0.1) is 0 Å². The molecule has 1 N–H and O–H groups in total. The Hall–Kier alpha value is -0.740. The summed E-state index contributed by atoms with van der Waals surface area (Å²) in [6, 6.07) is 4.44. The van der Waals surface area contributed by atoms with Gasteiger partial charge in [0.2, 0.25) is 0 Å². The largest absolute Gasteiger partial charge is 0.359 e. The van der Waals surface area contributed by atoms with Gasteiger partial charge in [-0.1, -0.05) is 13.8 Å². The maximum Gasteiger partial charge on any atom is 0.128 e. The molecule has 0 unspecified atom stereocenters. The lowest BCUT2D eigenvalue weighted by atomic mass is 10.1. The Morgan fingerprint density at radius 3 is 2.48 bits per heavy atom. The monoisotopic (exact) mass is 309 g/mol. The highest BCUT2D eigenvalue weighted by Gasteiger charge is 2.12. The maximum atomic E-state index is 4.82. The molecule has 1 aromatic rings. The zero-order valence-electron chi connectivity index (χ0n) is 14.7. The van der Waals surface area contributed by atoms with Gasteiger partial charge in [-0.15, -0.1) is 0 Å². The third-order valence-electron chi connectivity index (χ3n) is 3.33. The normalized spacial score (nSPS) is 12.0. The van der Waals surface area contributed by atoms with Crippen LogP contribution in [0.2, 0.25) is 0 Å². The highest BCUT2D eigenvalue weighted by atomic mass is 32.2. The van der Waals surface area contributed by atoms with E-state index in [1.54, 1.807) is 0 Å². The predicted molar refractivity (Wildman–Crippen MR) is 96.6 cm³/mol. The number of hydrogen-bond acceptors (Lipinski definition) is 4. The van der Waals surface area contributed by atoms with E-state index in [4.69, 9.17) is 4.98 Å². The van der Waals surface area contributed by atoms with Gasteiger partial charge in [0, 0.05) is 37.1 Å². The van der Waals surface area contributed by atoms with Crippen molar-refractivity contribution in [1.29, 1.82) is 0 Å². The molecule has 0 radical (unpaired) electrons. The lowest BCUT2D eigenvalue weighted by Crippen LogP contribution is -2.35. The van der Waals surface area contributed by atoms with E-state index in [9.17, 15) is 0 Å². The SMILES string of the molecule is CSCCN(C)c1cc(CNC(C)(C)C)cc(C(C)C)n1. The first-order valence-corrected chi connectivity index (χ1v) is 9.08. The molecule has 1 aromatic heterocycles. The molecule has 0 atom stereocenters. The molecule has 4 heteroatoms. The third kappa shape index (κ3) is 6.70. The molecule has 0 aliphatic carbocycles. The number of pyridine rings is 1. The Bertz CT molecular complexity index is 438. The molecule has 3 nitrogen and oxygen atoms in total. The Balaban J connectivity index is 2.94. The first kappa shape index (κ1) is 18.3. The van der Waals surface area contributed by atoms with Crippen LogP contribution in [0.15, 0.2) is 12.1 Å². The van der Waals surface area contributed by atoms with Crippen LogP contribution in [-0.4, -0.2) is 36.1 Å². The van der Waals surface area contributed by atoms with Crippen LogP contribution in [0.4, 0.5) is 5.82 Å². The highest BCUT2D eigenvalue weighted by Crippen LogP contribution is 2.20. The van der Waals surface area contributed by atoms with E-state index in [1.807, 2.05) is 11.8 Å². The Morgan fingerprint density at radius 2 is 1.95 bits per heavy atom. The maximum absolute atomic E-state index is 4.82. The molecule has 0 aliphatic rings. The number of hydrogen-bond donors (Lipinski definition) is 1. The Morgan fingerprint density at radius 1 is 1.29 bits per heavy atom. The fourth-order valence-electron chi connectivity index (χ4n) is 1.90. The number of thioether (sulfide) groups is 1. The van der Waals surface area contributed by atoms with Crippen molar-refractivity contribution in [3.8, 4) is 0 Å². The van der Waals surface area contributed by atoms with Crippen molar-refractivity contribution in [2.75, 3.05) is 30.5 Å². The van der Waals surface area contributed by atoms with Crippen LogP contribution in [0.5, 0.6) is 0 Å². The van der Waals surface area contributed by atoms with Crippen LogP contribution in [0.3, 0.4) is 0 Å². The smallest absolute Gasteiger partial charge is 0.128 e. The second-order valence-electron chi connectivity index (χ2n) is 6.93. The fraction of sp³-hybridized carbons (Fsp3) is 0.706. The van der Waals surface area contributed by atoms with Crippen molar-refractivity contribution in [2.45, 2.75) is 52.6 Å². The minimum Gasteiger partial charge on any atom is -0.359 e. The van der Waals surface area contributed by atoms with Gasteiger partial charge in [-0.3, -0.25) is 0 Å². The molecule has 120 valence electrons. The Labute approximate surface area is 134 Å². The average Bonchev–Trinajstić information content (AvgIpc) is 2.41. The molecule has 0 aromatic carbocycles. The van der Waals surface area contributed by atoms with Gasteiger partial charge >= 0.3 is 0 Å². The molecule has 0 aliphatic heterocycles. The number of nitrogens with one attached hydrogen (secondary N) is 1. The molecule has 0 spiro atoms. The van der Waals surface area contributed by atoms with Crippen molar-refractivity contribution in [2.24, 2.45) is 0 Å². The summed E-state index contributed by atoms with van der Waals surface area (Å²) in [6.45, 7) is 12.9.